The normalized spacial score (nSPS) is 17.8. The van der Waals surface area contributed by atoms with Crippen LogP contribution in [0.2, 0.25) is 0 Å². The van der Waals surface area contributed by atoms with Crippen molar-refractivity contribution in [2.45, 2.75) is 12.7 Å². The zero-order valence-corrected chi connectivity index (χ0v) is 7.16. The van der Waals surface area contributed by atoms with Crippen LogP contribution in [0, 0.1) is 0 Å². The van der Waals surface area contributed by atoms with Crippen molar-refractivity contribution < 1.29 is 14.3 Å². The lowest BCUT2D eigenvalue weighted by atomic mass is 10.2. The molecule has 1 aliphatic rings. The number of hydrogen-bond acceptors (Lipinski definition) is 3. The Morgan fingerprint density at radius 2 is 2.31 bits per heavy atom. The summed E-state index contributed by atoms with van der Waals surface area (Å²) in [5.74, 6) is 0.0249. The van der Waals surface area contributed by atoms with Crippen molar-refractivity contribution in [1.29, 1.82) is 0 Å². The summed E-state index contributed by atoms with van der Waals surface area (Å²) >= 11 is 0. The van der Waals surface area contributed by atoms with Gasteiger partial charge in [-0.2, -0.15) is 0 Å². The fraction of sp³-hybridized carbons (Fsp3) is 0.444. The van der Waals surface area contributed by atoms with Gasteiger partial charge in [0.25, 0.3) is 0 Å². The van der Waals surface area contributed by atoms with Gasteiger partial charge < -0.3 is 14.5 Å². The summed E-state index contributed by atoms with van der Waals surface area (Å²) in [5, 5.41) is 0. The smallest absolute Gasteiger partial charge is 0.184 e. The van der Waals surface area contributed by atoms with Gasteiger partial charge in [-0.15, -0.1) is 0 Å². The van der Waals surface area contributed by atoms with E-state index in [4.69, 9.17) is 9.47 Å². The van der Waals surface area contributed by atoms with E-state index in [2.05, 4.69) is 4.98 Å². The summed E-state index contributed by atoms with van der Waals surface area (Å²) in [7, 11) is 0. The Hall–Kier alpha value is -1.13. The second-order valence-electron chi connectivity index (χ2n) is 2.88. The lowest BCUT2D eigenvalue weighted by Gasteiger charge is -2.06. The molecule has 0 saturated carbocycles. The molecular weight excluding hydrogens is 170 g/mol. The van der Waals surface area contributed by atoms with Gasteiger partial charge in [0.15, 0.2) is 12.1 Å². The fourth-order valence-electron chi connectivity index (χ4n) is 1.29. The highest BCUT2D eigenvalue weighted by Gasteiger charge is 2.20. The van der Waals surface area contributed by atoms with Gasteiger partial charge in [-0.25, -0.2) is 0 Å². The molecule has 0 spiro atoms. The van der Waals surface area contributed by atoms with Gasteiger partial charge in [0.1, 0.15) is 0 Å². The van der Waals surface area contributed by atoms with Crippen LogP contribution in [0.3, 0.4) is 0 Å². The summed E-state index contributed by atoms with van der Waals surface area (Å²) in [6.07, 6.45) is 1.67. The van der Waals surface area contributed by atoms with Crippen molar-refractivity contribution in [1.82, 2.24) is 4.98 Å². The molecule has 2 rings (SSSR count). The summed E-state index contributed by atoms with van der Waals surface area (Å²) in [6.45, 7) is 1.17. The Morgan fingerprint density at radius 3 is 2.92 bits per heavy atom. The minimum absolute atomic E-state index is 0.0249. The van der Waals surface area contributed by atoms with Crippen LogP contribution in [-0.2, 0) is 9.47 Å². The molecule has 1 aromatic rings. The lowest BCUT2D eigenvalue weighted by molar-refractivity contribution is -0.0408. The molecule has 13 heavy (non-hydrogen) atoms. The highest BCUT2D eigenvalue weighted by molar-refractivity contribution is 5.94. The van der Waals surface area contributed by atoms with Crippen LogP contribution < -0.4 is 0 Å². The van der Waals surface area contributed by atoms with Gasteiger partial charge >= 0.3 is 0 Å². The van der Waals surface area contributed by atoms with E-state index in [1.165, 1.54) is 0 Å². The third-order valence-corrected chi connectivity index (χ3v) is 1.94. The van der Waals surface area contributed by atoms with E-state index in [0.717, 1.165) is 0 Å². The van der Waals surface area contributed by atoms with Gasteiger partial charge in [-0.3, -0.25) is 4.79 Å². The SMILES string of the molecule is O=C(CC1OCCO1)c1ccc[nH]1. The quantitative estimate of drug-likeness (QED) is 0.706. The van der Waals surface area contributed by atoms with Crippen LogP contribution in [0.25, 0.3) is 0 Å². The Labute approximate surface area is 75.8 Å². The van der Waals surface area contributed by atoms with Crippen LogP contribution in [0.4, 0.5) is 0 Å². The zero-order chi connectivity index (χ0) is 9.10. The van der Waals surface area contributed by atoms with E-state index >= 15 is 0 Å². The van der Waals surface area contributed by atoms with Crippen LogP contribution in [-0.4, -0.2) is 30.3 Å². The molecule has 0 radical (unpaired) electrons. The van der Waals surface area contributed by atoms with Gasteiger partial charge in [0.05, 0.1) is 25.3 Å². The molecular formula is C9H11NO3. The molecule has 1 saturated heterocycles. The number of aromatic nitrogens is 1. The maximum absolute atomic E-state index is 11.5. The average molecular weight is 181 g/mol. The monoisotopic (exact) mass is 181 g/mol. The summed E-state index contributed by atoms with van der Waals surface area (Å²) < 4.78 is 10.3. The lowest BCUT2D eigenvalue weighted by Crippen LogP contribution is -2.14. The second-order valence-corrected chi connectivity index (χ2v) is 2.88. The number of H-pyrrole nitrogens is 1. The number of hydrogen-bond donors (Lipinski definition) is 1. The minimum atomic E-state index is -0.351. The van der Waals surface area contributed by atoms with Crippen molar-refractivity contribution in [3.63, 3.8) is 0 Å². The molecule has 70 valence electrons. The van der Waals surface area contributed by atoms with E-state index in [1.54, 1.807) is 18.3 Å². The molecule has 2 heterocycles. The predicted molar refractivity (Wildman–Crippen MR) is 45.4 cm³/mol. The first-order valence-electron chi connectivity index (χ1n) is 4.26. The van der Waals surface area contributed by atoms with E-state index < -0.39 is 0 Å². The molecule has 4 heteroatoms. The Bertz CT molecular complexity index is 275. The van der Waals surface area contributed by atoms with Crippen LogP contribution in [0.1, 0.15) is 16.9 Å². The number of ether oxygens (including phenoxy) is 2. The molecule has 0 amide bonds. The van der Waals surface area contributed by atoms with E-state index in [1.807, 2.05) is 0 Å². The molecule has 1 N–H and O–H groups in total. The largest absolute Gasteiger partial charge is 0.359 e. The Morgan fingerprint density at radius 1 is 1.54 bits per heavy atom. The van der Waals surface area contributed by atoms with Crippen molar-refractivity contribution in [2.75, 3.05) is 13.2 Å². The molecule has 1 fully saturated rings. The van der Waals surface area contributed by atoms with Gasteiger partial charge in [-0.1, -0.05) is 0 Å². The highest BCUT2D eigenvalue weighted by atomic mass is 16.7. The number of carbonyl (C=O) groups is 1. The van der Waals surface area contributed by atoms with Crippen molar-refractivity contribution >= 4 is 5.78 Å². The Kier molecular flexibility index (Phi) is 2.42. The molecule has 0 aromatic carbocycles. The number of ketones is 1. The highest BCUT2D eigenvalue weighted by Crippen LogP contribution is 2.11. The summed E-state index contributed by atoms with van der Waals surface area (Å²) in [6, 6.07) is 3.54. The summed E-state index contributed by atoms with van der Waals surface area (Å²) in [4.78, 5) is 14.3. The van der Waals surface area contributed by atoms with Gasteiger partial charge in [-0.05, 0) is 12.1 Å². The number of carbonyl (C=O) groups excluding carboxylic acids is 1. The predicted octanol–water partition coefficient (Wildman–Crippen LogP) is 0.960. The fourth-order valence-corrected chi connectivity index (χ4v) is 1.29. The van der Waals surface area contributed by atoms with E-state index in [-0.39, 0.29) is 12.1 Å². The summed E-state index contributed by atoms with van der Waals surface area (Å²) in [5.41, 5.74) is 0.610. The number of nitrogens with one attached hydrogen (secondary N) is 1. The molecule has 0 aliphatic carbocycles. The molecule has 4 nitrogen and oxygen atoms in total. The first-order chi connectivity index (χ1) is 6.36. The standard InChI is InChI=1S/C9H11NO3/c11-8(7-2-1-3-10-7)6-9-12-4-5-13-9/h1-3,9-10H,4-6H2. The van der Waals surface area contributed by atoms with Crippen LogP contribution in [0.15, 0.2) is 18.3 Å². The average Bonchev–Trinajstić information content (AvgIpc) is 2.74. The third kappa shape index (κ3) is 1.96. The first kappa shape index (κ1) is 8.47. The number of aromatic amines is 1. The third-order valence-electron chi connectivity index (χ3n) is 1.94. The van der Waals surface area contributed by atoms with E-state index in [0.29, 0.717) is 25.3 Å². The second kappa shape index (κ2) is 3.72. The maximum Gasteiger partial charge on any atom is 0.184 e. The van der Waals surface area contributed by atoms with Crippen LogP contribution >= 0.6 is 0 Å². The van der Waals surface area contributed by atoms with E-state index in [9.17, 15) is 4.79 Å². The first-order valence-corrected chi connectivity index (χ1v) is 4.26. The zero-order valence-electron chi connectivity index (χ0n) is 7.16. The number of rotatable bonds is 3. The van der Waals surface area contributed by atoms with Gasteiger partial charge in [0, 0.05) is 6.20 Å². The maximum atomic E-state index is 11.5. The molecule has 1 aliphatic heterocycles. The minimum Gasteiger partial charge on any atom is -0.359 e. The molecule has 1 aromatic heterocycles. The van der Waals surface area contributed by atoms with Crippen LogP contribution in [0.5, 0.6) is 0 Å². The molecule has 0 unspecified atom stereocenters. The van der Waals surface area contributed by atoms with Crippen molar-refractivity contribution in [3.8, 4) is 0 Å². The van der Waals surface area contributed by atoms with Crippen molar-refractivity contribution in [3.05, 3.63) is 24.0 Å². The van der Waals surface area contributed by atoms with Crippen molar-refractivity contribution in [2.24, 2.45) is 0 Å². The molecule has 0 bridgehead atoms. The topological polar surface area (TPSA) is 51.3 Å². The molecule has 0 atom stereocenters. The number of Topliss-reactive ketones (excluding diaryl/α,β-unsaturated/α-hetero) is 1. The van der Waals surface area contributed by atoms with Gasteiger partial charge in [0.2, 0.25) is 0 Å². The Balaban J connectivity index is 1.91.